The van der Waals surface area contributed by atoms with Gasteiger partial charge < -0.3 is 10.2 Å². The highest BCUT2D eigenvalue weighted by Crippen LogP contribution is 2.12. The molecule has 2 rings (SSSR count). The minimum atomic E-state index is -0.195. The highest BCUT2D eigenvalue weighted by Gasteiger charge is 2.19. The lowest BCUT2D eigenvalue weighted by Gasteiger charge is -2.26. The van der Waals surface area contributed by atoms with Crippen molar-refractivity contribution in [2.24, 2.45) is 0 Å². The van der Waals surface area contributed by atoms with Gasteiger partial charge in [0.15, 0.2) is 0 Å². The Morgan fingerprint density at radius 1 is 1.40 bits per heavy atom. The van der Waals surface area contributed by atoms with Gasteiger partial charge in [0.1, 0.15) is 11.6 Å². The van der Waals surface area contributed by atoms with E-state index in [1.165, 1.54) is 6.20 Å². The maximum absolute atomic E-state index is 12.2. The van der Waals surface area contributed by atoms with Crippen molar-refractivity contribution in [2.45, 2.75) is 26.2 Å². The molecule has 1 aliphatic rings. The summed E-state index contributed by atoms with van der Waals surface area (Å²) in [7, 11) is 0. The van der Waals surface area contributed by atoms with Crippen molar-refractivity contribution in [3.8, 4) is 6.07 Å². The SMILES string of the molecule is Cc1ccc(N/C=C(/C#N)C(=O)N2CCCCC2)cn1. The van der Waals surface area contributed by atoms with Crippen LogP contribution in [-0.4, -0.2) is 28.9 Å². The van der Waals surface area contributed by atoms with Crippen LogP contribution < -0.4 is 5.32 Å². The van der Waals surface area contributed by atoms with E-state index in [2.05, 4.69) is 10.3 Å². The Balaban J connectivity index is 2.03. The molecule has 1 aliphatic heterocycles. The molecule has 0 radical (unpaired) electrons. The van der Waals surface area contributed by atoms with Gasteiger partial charge in [0.2, 0.25) is 0 Å². The molecule has 0 aliphatic carbocycles. The van der Waals surface area contributed by atoms with Crippen LogP contribution in [0.15, 0.2) is 30.1 Å². The van der Waals surface area contributed by atoms with Crippen LogP contribution in [0.2, 0.25) is 0 Å². The fourth-order valence-electron chi connectivity index (χ4n) is 2.12. The molecule has 1 aromatic rings. The van der Waals surface area contributed by atoms with Crippen LogP contribution >= 0.6 is 0 Å². The zero-order chi connectivity index (χ0) is 14.4. The average molecular weight is 270 g/mol. The first-order valence-electron chi connectivity index (χ1n) is 6.79. The summed E-state index contributed by atoms with van der Waals surface area (Å²) in [6.07, 6.45) is 6.32. The molecule has 0 aromatic carbocycles. The van der Waals surface area contributed by atoms with Crippen molar-refractivity contribution in [2.75, 3.05) is 18.4 Å². The number of carbonyl (C=O) groups is 1. The van der Waals surface area contributed by atoms with Gasteiger partial charge >= 0.3 is 0 Å². The van der Waals surface area contributed by atoms with E-state index in [4.69, 9.17) is 5.26 Å². The number of aromatic nitrogens is 1. The van der Waals surface area contributed by atoms with Gasteiger partial charge in [-0.1, -0.05) is 0 Å². The van der Waals surface area contributed by atoms with E-state index in [-0.39, 0.29) is 11.5 Å². The summed E-state index contributed by atoms with van der Waals surface area (Å²) in [5.41, 5.74) is 1.81. The number of amides is 1. The molecule has 5 heteroatoms. The third-order valence-electron chi connectivity index (χ3n) is 3.29. The van der Waals surface area contributed by atoms with Crippen LogP contribution in [0.5, 0.6) is 0 Å². The van der Waals surface area contributed by atoms with E-state index in [0.29, 0.717) is 0 Å². The second-order valence-corrected chi connectivity index (χ2v) is 4.86. The Bertz CT molecular complexity index is 536. The van der Waals surface area contributed by atoms with E-state index >= 15 is 0 Å². The smallest absolute Gasteiger partial charge is 0.266 e. The molecule has 1 N–H and O–H groups in total. The summed E-state index contributed by atoms with van der Waals surface area (Å²) in [6.45, 7) is 3.38. The lowest BCUT2D eigenvalue weighted by atomic mass is 10.1. The van der Waals surface area contributed by atoms with Gasteiger partial charge in [0.25, 0.3) is 5.91 Å². The highest BCUT2D eigenvalue weighted by atomic mass is 16.2. The normalized spacial score (nSPS) is 15.6. The monoisotopic (exact) mass is 270 g/mol. The molecular weight excluding hydrogens is 252 g/mol. The number of piperidine rings is 1. The number of pyridine rings is 1. The molecule has 104 valence electrons. The Labute approximate surface area is 118 Å². The molecule has 1 aromatic heterocycles. The highest BCUT2D eigenvalue weighted by molar-refractivity contribution is 5.97. The van der Waals surface area contributed by atoms with E-state index in [1.807, 2.05) is 25.1 Å². The lowest BCUT2D eigenvalue weighted by molar-refractivity contribution is -0.127. The molecule has 1 saturated heterocycles. The van der Waals surface area contributed by atoms with E-state index < -0.39 is 0 Å². The average Bonchev–Trinajstić information content (AvgIpc) is 2.50. The van der Waals surface area contributed by atoms with E-state index in [9.17, 15) is 4.79 Å². The molecule has 0 unspecified atom stereocenters. The maximum Gasteiger partial charge on any atom is 0.266 e. The second kappa shape index (κ2) is 6.71. The first kappa shape index (κ1) is 14.1. The van der Waals surface area contributed by atoms with Crippen molar-refractivity contribution >= 4 is 11.6 Å². The van der Waals surface area contributed by atoms with Crippen molar-refractivity contribution in [1.29, 1.82) is 5.26 Å². The number of nitriles is 1. The van der Waals surface area contributed by atoms with E-state index in [1.54, 1.807) is 11.1 Å². The van der Waals surface area contributed by atoms with E-state index in [0.717, 1.165) is 43.7 Å². The maximum atomic E-state index is 12.2. The second-order valence-electron chi connectivity index (χ2n) is 4.86. The van der Waals surface area contributed by atoms with Gasteiger partial charge in [-0.05, 0) is 38.3 Å². The number of nitrogens with one attached hydrogen (secondary N) is 1. The molecule has 0 spiro atoms. The minimum absolute atomic E-state index is 0.132. The lowest BCUT2D eigenvalue weighted by Crippen LogP contribution is -2.36. The summed E-state index contributed by atoms with van der Waals surface area (Å²) in [5, 5.41) is 12.1. The molecule has 1 amide bonds. The fraction of sp³-hybridized carbons (Fsp3) is 0.400. The fourth-order valence-corrected chi connectivity index (χ4v) is 2.12. The van der Waals surface area contributed by atoms with Crippen molar-refractivity contribution in [1.82, 2.24) is 9.88 Å². The zero-order valence-electron chi connectivity index (χ0n) is 11.6. The molecular formula is C15H18N4O. The third kappa shape index (κ3) is 3.58. The van der Waals surface area contributed by atoms with Gasteiger partial charge in [-0.3, -0.25) is 9.78 Å². The standard InChI is InChI=1S/C15H18N4O/c1-12-5-6-14(11-17-12)18-10-13(9-16)15(20)19-7-3-2-4-8-19/h5-6,10-11,18H,2-4,7-8H2,1H3/b13-10-. The number of hydrogen-bond acceptors (Lipinski definition) is 4. The first-order chi connectivity index (χ1) is 9.70. The predicted octanol–water partition coefficient (Wildman–Crippen LogP) is 2.22. The Morgan fingerprint density at radius 3 is 2.75 bits per heavy atom. The summed E-state index contributed by atoms with van der Waals surface area (Å²) in [5.74, 6) is -0.195. The summed E-state index contributed by atoms with van der Waals surface area (Å²) in [4.78, 5) is 18.1. The van der Waals surface area contributed by atoms with Crippen LogP contribution in [0.3, 0.4) is 0 Å². The van der Waals surface area contributed by atoms with Crippen molar-refractivity contribution < 1.29 is 4.79 Å². The molecule has 0 saturated carbocycles. The Morgan fingerprint density at radius 2 is 2.15 bits per heavy atom. The quantitative estimate of drug-likeness (QED) is 0.675. The zero-order valence-corrected chi connectivity index (χ0v) is 11.6. The topological polar surface area (TPSA) is 69.0 Å². The number of hydrogen-bond donors (Lipinski definition) is 1. The number of likely N-dealkylation sites (tertiary alicyclic amines) is 1. The Hall–Kier alpha value is -2.35. The number of aryl methyl sites for hydroxylation is 1. The van der Waals surface area contributed by atoms with Gasteiger partial charge in [-0.2, -0.15) is 5.26 Å². The molecule has 5 nitrogen and oxygen atoms in total. The summed E-state index contributed by atoms with van der Waals surface area (Å²) >= 11 is 0. The van der Waals surface area contributed by atoms with Gasteiger partial charge in [0.05, 0.1) is 11.9 Å². The minimum Gasteiger partial charge on any atom is -0.359 e. The summed E-state index contributed by atoms with van der Waals surface area (Å²) in [6, 6.07) is 5.70. The van der Waals surface area contributed by atoms with Gasteiger partial charge in [-0.15, -0.1) is 0 Å². The largest absolute Gasteiger partial charge is 0.359 e. The van der Waals surface area contributed by atoms with Crippen molar-refractivity contribution in [3.63, 3.8) is 0 Å². The predicted molar refractivity (Wildman–Crippen MR) is 76.7 cm³/mol. The summed E-state index contributed by atoms with van der Waals surface area (Å²) < 4.78 is 0. The number of nitrogens with zero attached hydrogens (tertiary/aromatic N) is 3. The molecule has 0 atom stereocenters. The van der Waals surface area contributed by atoms with Crippen LogP contribution in [0.4, 0.5) is 5.69 Å². The molecule has 2 heterocycles. The third-order valence-corrected chi connectivity index (χ3v) is 3.29. The Kier molecular flexibility index (Phi) is 4.72. The molecule has 0 bridgehead atoms. The van der Waals surface area contributed by atoms with Crippen molar-refractivity contribution in [3.05, 3.63) is 35.8 Å². The first-order valence-corrected chi connectivity index (χ1v) is 6.79. The van der Waals surface area contributed by atoms with Gasteiger partial charge in [0, 0.05) is 25.0 Å². The van der Waals surface area contributed by atoms with Crippen LogP contribution in [0.25, 0.3) is 0 Å². The van der Waals surface area contributed by atoms with Gasteiger partial charge in [-0.25, -0.2) is 0 Å². The number of carbonyl (C=O) groups excluding carboxylic acids is 1. The number of rotatable bonds is 3. The van der Waals surface area contributed by atoms with Crippen LogP contribution in [-0.2, 0) is 4.79 Å². The van der Waals surface area contributed by atoms with Crippen LogP contribution in [0.1, 0.15) is 25.0 Å². The molecule has 20 heavy (non-hydrogen) atoms. The molecule has 1 fully saturated rings. The van der Waals surface area contributed by atoms with Crippen LogP contribution in [0, 0.1) is 18.3 Å². The number of anilines is 1.